The third kappa shape index (κ3) is 2.84. The SMILES string of the molecule is CCC1OCCC1C(=Nc1ccccc1)NN. The molecule has 0 spiro atoms. The molecule has 3 N–H and O–H groups in total. The zero-order valence-electron chi connectivity index (χ0n) is 10.1. The molecule has 0 bridgehead atoms. The van der Waals surface area contributed by atoms with Crippen LogP contribution in [0.1, 0.15) is 19.8 Å². The Bertz CT molecular complexity index is 378. The molecule has 0 saturated carbocycles. The van der Waals surface area contributed by atoms with Crippen LogP contribution in [0.2, 0.25) is 0 Å². The van der Waals surface area contributed by atoms with E-state index in [0.717, 1.165) is 31.0 Å². The van der Waals surface area contributed by atoms with Crippen molar-refractivity contribution in [2.45, 2.75) is 25.9 Å². The Labute approximate surface area is 102 Å². The fourth-order valence-electron chi connectivity index (χ4n) is 2.23. The van der Waals surface area contributed by atoms with Gasteiger partial charge in [-0.1, -0.05) is 25.1 Å². The Balaban J connectivity index is 2.18. The number of hydrogen-bond donors (Lipinski definition) is 2. The molecule has 1 saturated heterocycles. The number of para-hydroxylation sites is 1. The molecular formula is C13H19N3O. The summed E-state index contributed by atoms with van der Waals surface area (Å²) < 4.78 is 5.66. The first-order chi connectivity index (χ1) is 8.35. The van der Waals surface area contributed by atoms with Crippen LogP contribution < -0.4 is 11.3 Å². The van der Waals surface area contributed by atoms with Gasteiger partial charge in [0.05, 0.1) is 11.8 Å². The molecule has 0 aromatic heterocycles. The lowest BCUT2D eigenvalue weighted by atomic mass is 9.98. The van der Waals surface area contributed by atoms with Crippen molar-refractivity contribution in [2.24, 2.45) is 16.8 Å². The van der Waals surface area contributed by atoms with Gasteiger partial charge in [0.15, 0.2) is 0 Å². The first kappa shape index (κ1) is 12.1. The molecule has 0 amide bonds. The van der Waals surface area contributed by atoms with E-state index >= 15 is 0 Å². The molecule has 2 atom stereocenters. The number of nitrogens with one attached hydrogen (secondary N) is 1. The van der Waals surface area contributed by atoms with E-state index in [1.165, 1.54) is 0 Å². The van der Waals surface area contributed by atoms with Gasteiger partial charge >= 0.3 is 0 Å². The largest absolute Gasteiger partial charge is 0.377 e. The van der Waals surface area contributed by atoms with E-state index in [1.54, 1.807) is 0 Å². The lowest BCUT2D eigenvalue weighted by Crippen LogP contribution is -2.39. The minimum atomic E-state index is 0.230. The summed E-state index contributed by atoms with van der Waals surface area (Å²) in [6.45, 7) is 2.91. The van der Waals surface area contributed by atoms with Gasteiger partial charge in [0.2, 0.25) is 0 Å². The second-order valence-corrected chi connectivity index (χ2v) is 4.19. The third-order valence-corrected chi connectivity index (χ3v) is 3.12. The van der Waals surface area contributed by atoms with E-state index in [4.69, 9.17) is 10.6 Å². The molecule has 1 aromatic rings. The molecule has 1 aliphatic heterocycles. The van der Waals surface area contributed by atoms with Gasteiger partial charge in [-0.2, -0.15) is 0 Å². The zero-order valence-corrected chi connectivity index (χ0v) is 10.1. The molecule has 1 heterocycles. The van der Waals surface area contributed by atoms with Crippen LogP contribution in [-0.4, -0.2) is 18.5 Å². The quantitative estimate of drug-likeness (QED) is 0.363. The number of nitrogens with two attached hydrogens (primary N) is 1. The van der Waals surface area contributed by atoms with Crippen molar-refractivity contribution in [1.82, 2.24) is 5.43 Å². The molecule has 2 rings (SSSR count). The number of aliphatic imine (C=N–C) groups is 1. The van der Waals surface area contributed by atoms with Crippen molar-refractivity contribution >= 4 is 11.5 Å². The van der Waals surface area contributed by atoms with Gasteiger partial charge in [0.1, 0.15) is 5.84 Å². The molecule has 1 aromatic carbocycles. The monoisotopic (exact) mass is 233 g/mol. The summed E-state index contributed by atoms with van der Waals surface area (Å²) in [6, 6.07) is 9.84. The maximum Gasteiger partial charge on any atom is 0.122 e. The molecular weight excluding hydrogens is 214 g/mol. The summed E-state index contributed by atoms with van der Waals surface area (Å²) in [5.41, 5.74) is 3.65. The standard InChI is InChI=1S/C13H19N3O/c1-2-12-11(8-9-17-12)13(16-14)15-10-6-4-3-5-7-10/h3-7,11-12H,2,8-9,14H2,1H3,(H,15,16). The second kappa shape index (κ2) is 5.80. The molecule has 1 fully saturated rings. The third-order valence-electron chi connectivity index (χ3n) is 3.12. The normalized spacial score (nSPS) is 24.9. The summed E-state index contributed by atoms with van der Waals surface area (Å²) in [5, 5.41) is 0. The number of rotatable bonds is 3. The number of benzene rings is 1. The molecule has 4 heteroatoms. The topological polar surface area (TPSA) is 59.6 Å². The Morgan fingerprint density at radius 3 is 2.88 bits per heavy atom. The highest BCUT2D eigenvalue weighted by atomic mass is 16.5. The number of ether oxygens (including phenoxy) is 1. The highest BCUT2D eigenvalue weighted by Gasteiger charge is 2.30. The van der Waals surface area contributed by atoms with Gasteiger partial charge in [0.25, 0.3) is 0 Å². The van der Waals surface area contributed by atoms with E-state index in [1.807, 2.05) is 30.3 Å². The Hall–Kier alpha value is -1.39. The van der Waals surface area contributed by atoms with Gasteiger partial charge in [0, 0.05) is 12.5 Å². The van der Waals surface area contributed by atoms with Crippen LogP contribution in [0.15, 0.2) is 35.3 Å². The molecule has 2 unspecified atom stereocenters. The minimum Gasteiger partial charge on any atom is -0.377 e. The van der Waals surface area contributed by atoms with Gasteiger partial charge < -0.3 is 10.2 Å². The van der Waals surface area contributed by atoms with Gasteiger partial charge in [-0.05, 0) is 25.0 Å². The van der Waals surface area contributed by atoms with E-state index in [2.05, 4.69) is 17.3 Å². The average Bonchev–Trinajstić information content (AvgIpc) is 2.85. The maximum atomic E-state index is 5.66. The highest BCUT2D eigenvalue weighted by molar-refractivity contribution is 5.87. The highest BCUT2D eigenvalue weighted by Crippen LogP contribution is 2.25. The minimum absolute atomic E-state index is 0.230. The van der Waals surface area contributed by atoms with Crippen LogP contribution in [-0.2, 0) is 4.74 Å². The van der Waals surface area contributed by atoms with Crippen LogP contribution in [0.4, 0.5) is 5.69 Å². The van der Waals surface area contributed by atoms with E-state index in [-0.39, 0.29) is 12.0 Å². The molecule has 0 aliphatic carbocycles. The summed E-state index contributed by atoms with van der Waals surface area (Å²) in [4.78, 5) is 4.56. The van der Waals surface area contributed by atoms with Crippen LogP contribution in [0.25, 0.3) is 0 Å². The Morgan fingerprint density at radius 1 is 1.47 bits per heavy atom. The van der Waals surface area contributed by atoms with Crippen LogP contribution in [0.3, 0.4) is 0 Å². The molecule has 4 nitrogen and oxygen atoms in total. The van der Waals surface area contributed by atoms with Crippen LogP contribution in [0.5, 0.6) is 0 Å². The van der Waals surface area contributed by atoms with Gasteiger partial charge in [-0.15, -0.1) is 0 Å². The van der Waals surface area contributed by atoms with Crippen molar-refractivity contribution in [3.8, 4) is 0 Å². The smallest absolute Gasteiger partial charge is 0.122 e. The number of hydrazine groups is 1. The summed E-state index contributed by atoms with van der Waals surface area (Å²) in [5.74, 6) is 6.68. The number of hydrogen-bond acceptors (Lipinski definition) is 3. The predicted octanol–water partition coefficient (Wildman–Crippen LogP) is 1.99. The van der Waals surface area contributed by atoms with E-state index in [9.17, 15) is 0 Å². The van der Waals surface area contributed by atoms with E-state index in [0.29, 0.717) is 0 Å². The Kier molecular flexibility index (Phi) is 4.12. The molecule has 0 radical (unpaired) electrons. The van der Waals surface area contributed by atoms with Gasteiger partial charge in [-0.3, -0.25) is 0 Å². The van der Waals surface area contributed by atoms with Gasteiger partial charge in [-0.25, -0.2) is 10.8 Å². The lowest BCUT2D eigenvalue weighted by Gasteiger charge is -2.18. The predicted molar refractivity (Wildman–Crippen MR) is 69.0 cm³/mol. The van der Waals surface area contributed by atoms with Crippen LogP contribution >= 0.6 is 0 Å². The fraction of sp³-hybridized carbons (Fsp3) is 0.462. The van der Waals surface area contributed by atoms with Crippen LogP contribution in [0, 0.1) is 5.92 Å². The Morgan fingerprint density at radius 2 is 2.24 bits per heavy atom. The molecule has 1 aliphatic rings. The first-order valence-corrected chi connectivity index (χ1v) is 6.07. The van der Waals surface area contributed by atoms with Crippen molar-refractivity contribution in [3.63, 3.8) is 0 Å². The first-order valence-electron chi connectivity index (χ1n) is 6.07. The molecule has 17 heavy (non-hydrogen) atoms. The fourth-order valence-corrected chi connectivity index (χ4v) is 2.23. The summed E-state index contributed by atoms with van der Waals surface area (Å²) in [6.07, 6.45) is 2.20. The van der Waals surface area contributed by atoms with E-state index < -0.39 is 0 Å². The maximum absolute atomic E-state index is 5.66. The zero-order chi connectivity index (χ0) is 12.1. The van der Waals surface area contributed by atoms with Crippen molar-refractivity contribution < 1.29 is 4.74 Å². The summed E-state index contributed by atoms with van der Waals surface area (Å²) >= 11 is 0. The molecule has 92 valence electrons. The second-order valence-electron chi connectivity index (χ2n) is 4.19. The number of amidine groups is 1. The summed E-state index contributed by atoms with van der Waals surface area (Å²) in [7, 11) is 0. The number of nitrogens with zero attached hydrogens (tertiary/aromatic N) is 1. The average molecular weight is 233 g/mol. The van der Waals surface area contributed by atoms with Crippen molar-refractivity contribution in [1.29, 1.82) is 0 Å². The van der Waals surface area contributed by atoms with Crippen molar-refractivity contribution in [2.75, 3.05) is 6.61 Å². The van der Waals surface area contributed by atoms with Crippen molar-refractivity contribution in [3.05, 3.63) is 30.3 Å². The lowest BCUT2D eigenvalue weighted by molar-refractivity contribution is 0.0984.